The molecular formula is C31H51NO3S. The minimum absolute atomic E-state index is 0.0110. The molecule has 0 aliphatic heterocycles. The molecule has 0 saturated carbocycles. The van der Waals surface area contributed by atoms with Crippen LogP contribution in [0.25, 0.3) is 6.08 Å². The number of hydrogen-bond donors (Lipinski definition) is 0. The average Bonchev–Trinajstić information content (AvgIpc) is 2.73. The van der Waals surface area contributed by atoms with Crippen molar-refractivity contribution < 1.29 is 14.3 Å². The number of amides is 1. The van der Waals surface area contributed by atoms with Crippen LogP contribution in [0.4, 0.5) is 4.79 Å². The maximum atomic E-state index is 12.9. The predicted octanol–water partition coefficient (Wildman–Crippen LogP) is 9.52. The Morgan fingerprint density at radius 2 is 1.44 bits per heavy atom. The lowest BCUT2D eigenvalue weighted by molar-refractivity contribution is -0.132. The molecule has 0 radical (unpaired) electrons. The third-order valence-electron chi connectivity index (χ3n) is 6.20. The Balaban J connectivity index is 4.05. The normalized spacial score (nSPS) is 11.9. The second-order valence-electron chi connectivity index (χ2n) is 12.1. The fourth-order valence-electron chi connectivity index (χ4n) is 4.30. The van der Waals surface area contributed by atoms with Gasteiger partial charge in [-0.15, -0.1) is 0 Å². The number of esters is 1. The molecule has 4 nitrogen and oxygen atoms in total. The highest BCUT2D eigenvalue weighted by atomic mass is 32.2. The number of nitrogens with zero attached hydrogens (tertiary/aromatic N) is 1. The monoisotopic (exact) mass is 517 g/mol. The van der Waals surface area contributed by atoms with Crippen LogP contribution in [0.2, 0.25) is 0 Å². The molecule has 1 aromatic rings. The first-order valence-corrected chi connectivity index (χ1v) is 14.4. The SMILES string of the molecule is CCCCCC(=Cc1c(SC(=O)N(C)C)cc(C(C)(C)C)c(OC(C)=O)c1C(C)(C)C)CCCCC. The van der Waals surface area contributed by atoms with E-state index in [4.69, 9.17) is 4.74 Å². The van der Waals surface area contributed by atoms with Crippen LogP contribution < -0.4 is 4.74 Å². The molecule has 0 atom stereocenters. The summed E-state index contributed by atoms with van der Waals surface area (Å²) in [6.45, 7) is 18.8. The molecule has 0 aliphatic rings. The molecule has 1 aromatic carbocycles. The minimum Gasteiger partial charge on any atom is -0.426 e. The summed E-state index contributed by atoms with van der Waals surface area (Å²) < 4.78 is 5.98. The summed E-state index contributed by atoms with van der Waals surface area (Å²) in [7, 11) is 3.57. The van der Waals surface area contributed by atoms with Crippen LogP contribution in [-0.4, -0.2) is 30.2 Å². The van der Waals surface area contributed by atoms with E-state index in [0.29, 0.717) is 5.75 Å². The van der Waals surface area contributed by atoms with E-state index in [-0.39, 0.29) is 22.0 Å². The Hall–Kier alpha value is -1.75. The van der Waals surface area contributed by atoms with Crippen molar-refractivity contribution in [1.29, 1.82) is 0 Å². The maximum absolute atomic E-state index is 12.9. The number of thioether (sulfide) groups is 1. The van der Waals surface area contributed by atoms with Crippen LogP contribution in [0.15, 0.2) is 16.5 Å². The topological polar surface area (TPSA) is 46.6 Å². The molecule has 36 heavy (non-hydrogen) atoms. The fourth-order valence-corrected chi connectivity index (χ4v) is 5.12. The summed E-state index contributed by atoms with van der Waals surface area (Å²) in [5.74, 6) is 0.327. The van der Waals surface area contributed by atoms with Gasteiger partial charge in [0, 0.05) is 37.0 Å². The summed E-state index contributed by atoms with van der Waals surface area (Å²) in [4.78, 5) is 27.8. The first kappa shape index (κ1) is 32.3. The van der Waals surface area contributed by atoms with Gasteiger partial charge in [-0.3, -0.25) is 9.59 Å². The predicted molar refractivity (Wildman–Crippen MR) is 156 cm³/mol. The molecule has 0 saturated heterocycles. The van der Waals surface area contributed by atoms with Crippen LogP contribution >= 0.6 is 11.8 Å². The summed E-state index contributed by atoms with van der Waals surface area (Å²) in [5.41, 5.74) is 3.82. The molecule has 0 N–H and O–H groups in total. The quantitative estimate of drug-likeness (QED) is 0.127. The number of unbranched alkanes of at least 4 members (excludes halogenated alkanes) is 4. The van der Waals surface area contributed by atoms with E-state index in [1.807, 2.05) is 0 Å². The van der Waals surface area contributed by atoms with Gasteiger partial charge in [0.2, 0.25) is 0 Å². The fraction of sp³-hybridized carbons (Fsp3) is 0.677. The lowest BCUT2D eigenvalue weighted by atomic mass is 9.76. The molecular weight excluding hydrogens is 466 g/mol. The van der Waals surface area contributed by atoms with Gasteiger partial charge >= 0.3 is 5.97 Å². The molecule has 0 spiro atoms. The molecule has 204 valence electrons. The van der Waals surface area contributed by atoms with Crippen molar-refractivity contribution in [3.8, 4) is 5.75 Å². The van der Waals surface area contributed by atoms with E-state index in [1.165, 1.54) is 49.9 Å². The molecule has 5 heteroatoms. The number of hydrogen-bond acceptors (Lipinski definition) is 4. The number of rotatable bonds is 11. The van der Waals surface area contributed by atoms with Gasteiger partial charge in [0.1, 0.15) is 5.75 Å². The second kappa shape index (κ2) is 14.3. The third kappa shape index (κ3) is 9.95. The summed E-state index contributed by atoms with van der Waals surface area (Å²) >= 11 is 1.27. The van der Waals surface area contributed by atoms with Gasteiger partial charge in [-0.2, -0.15) is 0 Å². The van der Waals surface area contributed by atoms with Crippen LogP contribution in [0, 0.1) is 0 Å². The zero-order valence-electron chi connectivity index (χ0n) is 24.9. The van der Waals surface area contributed by atoms with E-state index in [2.05, 4.69) is 67.5 Å². The Morgan fingerprint density at radius 3 is 1.83 bits per heavy atom. The molecule has 1 amide bonds. The van der Waals surface area contributed by atoms with Gasteiger partial charge in [0.05, 0.1) is 0 Å². The smallest absolute Gasteiger partial charge is 0.308 e. The van der Waals surface area contributed by atoms with E-state index in [0.717, 1.165) is 47.3 Å². The Kier molecular flexibility index (Phi) is 12.8. The van der Waals surface area contributed by atoms with Gasteiger partial charge < -0.3 is 9.64 Å². The van der Waals surface area contributed by atoms with Gasteiger partial charge in [-0.1, -0.05) is 92.7 Å². The van der Waals surface area contributed by atoms with Crippen molar-refractivity contribution >= 4 is 29.0 Å². The van der Waals surface area contributed by atoms with Crippen molar-refractivity contribution in [3.05, 3.63) is 28.3 Å². The van der Waals surface area contributed by atoms with Crippen LogP contribution in [-0.2, 0) is 15.6 Å². The number of carbonyl (C=O) groups is 2. The molecule has 0 heterocycles. The largest absolute Gasteiger partial charge is 0.426 e. The first-order chi connectivity index (χ1) is 16.6. The average molecular weight is 518 g/mol. The maximum Gasteiger partial charge on any atom is 0.308 e. The van der Waals surface area contributed by atoms with E-state index in [1.54, 1.807) is 19.0 Å². The zero-order valence-corrected chi connectivity index (χ0v) is 25.7. The molecule has 0 unspecified atom stereocenters. The van der Waals surface area contributed by atoms with Crippen molar-refractivity contribution in [2.45, 2.75) is 129 Å². The van der Waals surface area contributed by atoms with Crippen LogP contribution in [0.1, 0.15) is 130 Å². The number of allylic oxidation sites excluding steroid dienone is 1. The van der Waals surface area contributed by atoms with E-state index >= 15 is 0 Å². The van der Waals surface area contributed by atoms with E-state index < -0.39 is 0 Å². The van der Waals surface area contributed by atoms with Gasteiger partial charge in [0.15, 0.2) is 0 Å². The lowest BCUT2D eigenvalue weighted by Gasteiger charge is -2.32. The highest BCUT2D eigenvalue weighted by Crippen LogP contribution is 2.47. The molecule has 0 fully saturated rings. The summed E-state index contributed by atoms with van der Waals surface area (Å²) in [6.07, 6.45) is 11.5. The third-order valence-corrected chi connectivity index (χ3v) is 7.30. The van der Waals surface area contributed by atoms with Crippen molar-refractivity contribution in [3.63, 3.8) is 0 Å². The van der Waals surface area contributed by atoms with E-state index in [9.17, 15) is 9.59 Å². The second-order valence-corrected chi connectivity index (χ2v) is 13.1. The zero-order chi connectivity index (χ0) is 27.7. The van der Waals surface area contributed by atoms with Crippen molar-refractivity contribution in [1.82, 2.24) is 4.90 Å². The highest BCUT2D eigenvalue weighted by Gasteiger charge is 2.33. The highest BCUT2D eigenvalue weighted by molar-refractivity contribution is 8.13. The lowest BCUT2D eigenvalue weighted by Crippen LogP contribution is -2.23. The van der Waals surface area contributed by atoms with Crippen LogP contribution in [0.3, 0.4) is 0 Å². The molecule has 0 bridgehead atoms. The number of benzene rings is 1. The molecule has 0 aliphatic carbocycles. The molecule has 1 rings (SSSR count). The summed E-state index contributed by atoms with van der Waals surface area (Å²) in [5, 5.41) is -0.0110. The first-order valence-electron chi connectivity index (χ1n) is 13.6. The van der Waals surface area contributed by atoms with Crippen LogP contribution in [0.5, 0.6) is 5.75 Å². The van der Waals surface area contributed by atoms with Gasteiger partial charge in [0.25, 0.3) is 5.24 Å². The number of ether oxygens (including phenoxy) is 1. The Morgan fingerprint density at radius 1 is 0.917 bits per heavy atom. The Bertz CT molecular complexity index is 905. The van der Waals surface area contributed by atoms with Crippen molar-refractivity contribution in [2.75, 3.05) is 14.1 Å². The minimum atomic E-state index is -0.322. The standard InChI is InChI=1S/C31H51NO3S/c1-12-14-16-18-23(19-17-15-13-2)20-24-26(36-29(34)32(10)11)21-25(30(4,5)6)28(35-22(3)33)27(24)31(7,8)9/h20-21H,12-19H2,1-11H3. The summed E-state index contributed by atoms with van der Waals surface area (Å²) in [6, 6.07) is 2.08. The number of carbonyl (C=O) groups excluding carboxylic acids is 2. The molecule has 0 aromatic heterocycles. The Labute approximate surface area is 225 Å². The van der Waals surface area contributed by atoms with Crippen molar-refractivity contribution in [2.24, 2.45) is 0 Å². The van der Waals surface area contributed by atoms with Gasteiger partial charge in [-0.05, 0) is 59.9 Å². The van der Waals surface area contributed by atoms with Gasteiger partial charge in [-0.25, -0.2) is 0 Å².